The predicted octanol–water partition coefficient (Wildman–Crippen LogP) is 4.51. The number of para-hydroxylation sites is 1. The first-order valence-corrected chi connectivity index (χ1v) is 8.18. The van der Waals surface area contributed by atoms with Gasteiger partial charge in [0.1, 0.15) is 5.75 Å². The fourth-order valence-electron chi connectivity index (χ4n) is 2.83. The number of rotatable bonds is 5. The van der Waals surface area contributed by atoms with Gasteiger partial charge in [-0.3, -0.25) is 19.9 Å². The molecule has 0 N–H and O–H groups in total. The van der Waals surface area contributed by atoms with Gasteiger partial charge in [0.25, 0.3) is 5.69 Å². The third-order valence-corrected chi connectivity index (χ3v) is 4.30. The van der Waals surface area contributed by atoms with E-state index in [0.29, 0.717) is 0 Å². The molecule has 132 valence electrons. The number of aliphatic imine (C=N–C) groups is 1. The molecule has 2 aromatic rings. The van der Waals surface area contributed by atoms with Crippen molar-refractivity contribution in [2.75, 3.05) is 0 Å². The Hall–Kier alpha value is -3.28. The number of benzene rings is 2. The maximum Gasteiger partial charge on any atom is 0.315 e. The standard InChI is InChI=1S/C20H18N2O4/c1-20(2)16-6-3-4-7-17(16)21-18(20)8-5-9-19(23)26-15-12-10-14(11-13-15)22(24)25/h3-8,10-13H,9H2,1-2H3/b8-5+. The van der Waals surface area contributed by atoms with Crippen LogP contribution in [-0.4, -0.2) is 16.6 Å². The van der Waals surface area contributed by atoms with E-state index in [1.807, 2.05) is 24.3 Å². The summed E-state index contributed by atoms with van der Waals surface area (Å²) in [7, 11) is 0. The number of nitro benzene ring substituents is 1. The molecule has 0 aliphatic carbocycles. The summed E-state index contributed by atoms with van der Waals surface area (Å²) in [5, 5.41) is 10.6. The van der Waals surface area contributed by atoms with Crippen molar-refractivity contribution in [1.82, 2.24) is 0 Å². The van der Waals surface area contributed by atoms with Crippen LogP contribution in [0.4, 0.5) is 11.4 Å². The maximum absolute atomic E-state index is 11.9. The summed E-state index contributed by atoms with van der Waals surface area (Å²) in [6.45, 7) is 4.19. The Bertz CT molecular complexity index is 912. The zero-order valence-electron chi connectivity index (χ0n) is 14.5. The molecule has 1 aliphatic heterocycles. The number of esters is 1. The highest BCUT2D eigenvalue weighted by atomic mass is 16.6. The molecule has 0 radical (unpaired) electrons. The molecule has 0 aromatic heterocycles. The molecule has 0 bridgehead atoms. The number of nitrogens with zero attached hydrogens (tertiary/aromatic N) is 2. The number of allylic oxidation sites excluding steroid dienone is 1. The molecule has 6 nitrogen and oxygen atoms in total. The summed E-state index contributed by atoms with van der Waals surface area (Å²) >= 11 is 0. The second kappa shape index (κ2) is 6.92. The topological polar surface area (TPSA) is 81.8 Å². The average molecular weight is 350 g/mol. The van der Waals surface area contributed by atoms with Gasteiger partial charge in [-0.1, -0.05) is 38.1 Å². The van der Waals surface area contributed by atoms with Crippen LogP contribution < -0.4 is 4.74 Å². The number of fused-ring (bicyclic) bond motifs is 1. The number of ether oxygens (including phenoxy) is 1. The first kappa shape index (κ1) is 17.5. The number of hydrogen-bond acceptors (Lipinski definition) is 5. The van der Waals surface area contributed by atoms with E-state index in [9.17, 15) is 14.9 Å². The fourth-order valence-corrected chi connectivity index (χ4v) is 2.83. The summed E-state index contributed by atoms with van der Waals surface area (Å²) in [5.41, 5.74) is 2.74. The van der Waals surface area contributed by atoms with E-state index < -0.39 is 10.9 Å². The smallest absolute Gasteiger partial charge is 0.315 e. The van der Waals surface area contributed by atoms with Gasteiger partial charge >= 0.3 is 5.97 Å². The van der Waals surface area contributed by atoms with Crippen LogP contribution in [0.3, 0.4) is 0 Å². The van der Waals surface area contributed by atoms with E-state index >= 15 is 0 Å². The Morgan fingerprint density at radius 1 is 1.19 bits per heavy atom. The molecule has 0 saturated carbocycles. The van der Waals surface area contributed by atoms with Gasteiger partial charge in [0, 0.05) is 17.5 Å². The summed E-state index contributed by atoms with van der Waals surface area (Å²) < 4.78 is 5.17. The number of hydrogen-bond donors (Lipinski definition) is 0. The Morgan fingerprint density at radius 3 is 2.54 bits per heavy atom. The van der Waals surface area contributed by atoms with Gasteiger partial charge in [0.2, 0.25) is 0 Å². The third-order valence-electron chi connectivity index (χ3n) is 4.30. The first-order chi connectivity index (χ1) is 12.4. The lowest BCUT2D eigenvalue weighted by atomic mass is 9.81. The van der Waals surface area contributed by atoms with Gasteiger partial charge in [-0.25, -0.2) is 0 Å². The monoisotopic (exact) mass is 350 g/mol. The van der Waals surface area contributed by atoms with E-state index in [1.54, 1.807) is 6.08 Å². The zero-order valence-corrected chi connectivity index (χ0v) is 14.5. The summed E-state index contributed by atoms with van der Waals surface area (Å²) in [6.07, 6.45) is 3.65. The number of carbonyl (C=O) groups is 1. The molecule has 0 saturated heterocycles. The quantitative estimate of drug-likeness (QED) is 0.344. The maximum atomic E-state index is 11.9. The van der Waals surface area contributed by atoms with Crippen molar-refractivity contribution in [3.63, 3.8) is 0 Å². The van der Waals surface area contributed by atoms with Gasteiger partial charge in [0.05, 0.1) is 22.7 Å². The van der Waals surface area contributed by atoms with Crippen LogP contribution in [-0.2, 0) is 10.2 Å². The first-order valence-electron chi connectivity index (χ1n) is 8.18. The number of nitro groups is 1. The van der Waals surface area contributed by atoms with E-state index in [4.69, 9.17) is 4.74 Å². The largest absolute Gasteiger partial charge is 0.426 e. The minimum absolute atomic E-state index is 0.0502. The van der Waals surface area contributed by atoms with Crippen molar-refractivity contribution in [3.05, 3.63) is 76.4 Å². The minimum Gasteiger partial charge on any atom is -0.426 e. The van der Waals surface area contributed by atoms with Crippen molar-refractivity contribution < 1.29 is 14.5 Å². The number of non-ortho nitro benzene ring substituents is 1. The van der Waals surface area contributed by atoms with Gasteiger partial charge < -0.3 is 4.74 Å². The van der Waals surface area contributed by atoms with Crippen molar-refractivity contribution >= 4 is 23.1 Å². The molecule has 6 heteroatoms. The zero-order chi connectivity index (χ0) is 18.7. The summed E-state index contributed by atoms with van der Waals surface area (Å²) in [4.78, 5) is 26.7. The second-order valence-electron chi connectivity index (χ2n) is 6.47. The predicted molar refractivity (Wildman–Crippen MR) is 99.1 cm³/mol. The van der Waals surface area contributed by atoms with Crippen LogP contribution in [0, 0.1) is 10.1 Å². The molecule has 0 amide bonds. The Labute approximate surface area is 151 Å². The lowest BCUT2D eigenvalue weighted by Crippen LogP contribution is -2.23. The highest BCUT2D eigenvalue weighted by Crippen LogP contribution is 2.39. The highest BCUT2D eigenvalue weighted by molar-refractivity contribution is 6.08. The van der Waals surface area contributed by atoms with Gasteiger partial charge in [-0.2, -0.15) is 0 Å². The van der Waals surface area contributed by atoms with E-state index in [-0.39, 0.29) is 23.3 Å². The van der Waals surface area contributed by atoms with Crippen LogP contribution in [0.5, 0.6) is 5.75 Å². The molecule has 1 aliphatic rings. The molecule has 1 heterocycles. The van der Waals surface area contributed by atoms with Crippen LogP contribution in [0.1, 0.15) is 25.8 Å². The molecule has 0 fully saturated rings. The van der Waals surface area contributed by atoms with Crippen LogP contribution >= 0.6 is 0 Å². The average Bonchev–Trinajstić information content (AvgIpc) is 2.86. The van der Waals surface area contributed by atoms with Crippen molar-refractivity contribution in [3.8, 4) is 5.75 Å². The molecule has 2 aromatic carbocycles. The lowest BCUT2D eigenvalue weighted by molar-refractivity contribution is -0.384. The van der Waals surface area contributed by atoms with Crippen LogP contribution in [0.25, 0.3) is 0 Å². The molecule has 3 rings (SSSR count). The third kappa shape index (κ3) is 3.54. The molecule has 0 spiro atoms. The summed E-state index contributed by atoms with van der Waals surface area (Å²) in [5.74, 6) is -0.163. The van der Waals surface area contributed by atoms with Crippen molar-refractivity contribution in [2.24, 2.45) is 4.99 Å². The van der Waals surface area contributed by atoms with Crippen LogP contribution in [0.15, 0.2) is 65.7 Å². The van der Waals surface area contributed by atoms with Crippen molar-refractivity contribution in [2.45, 2.75) is 25.7 Å². The van der Waals surface area contributed by atoms with E-state index in [0.717, 1.165) is 17.0 Å². The molecular weight excluding hydrogens is 332 g/mol. The SMILES string of the molecule is CC1(C)C(/C=C/CC(=O)Oc2ccc([N+](=O)[O-])cc2)=Nc2ccccc21. The molecular formula is C20H18N2O4. The summed E-state index contributed by atoms with van der Waals surface area (Å²) in [6, 6.07) is 13.4. The Kier molecular flexibility index (Phi) is 4.67. The second-order valence-corrected chi connectivity index (χ2v) is 6.47. The van der Waals surface area contributed by atoms with E-state index in [2.05, 4.69) is 24.9 Å². The van der Waals surface area contributed by atoms with Crippen molar-refractivity contribution in [1.29, 1.82) is 0 Å². The fraction of sp³-hybridized carbons (Fsp3) is 0.200. The molecule has 0 atom stereocenters. The van der Waals surface area contributed by atoms with E-state index in [1.165, 1.54) is 24.3 Å². The Balaban J connectivity index is 1.61. The Morgan fingerprint density at radius 2 is 1.88 bits per heavy atom. The van der Waals surface area contributed by atoms with Crippen LogP contribution in [0.2, 0.25) is 0 Å². The normalized spacial score (nSPS) is 14.8. The van der Waals surface area contributed by atoms with Gasteiger partial charge in [0.15, 0.2) is 0 Å². The van der Waals surface area contributed by atoms with Gasteiger partial charge in [-0.15, -0.1) is 0 Å². The molecule has 0 unspecified atom stereocenters. The molecule has 26 heavy (non-hydrogen) atoms. The number of carbonyl (C=O) groups excluding carboxylic acids is 1. The van der Waals surface area contributed by atoms with Gasteiger partial charge in [-0.05, 0) is 29.8 Å². The highest BCUT2D eigenvalue weighted by Gasteiger charge is 2.32. The minimum atomic E-state index is -0.504. The lowest BCUT2D eigenvalue weighted by Gasteiger charge is -2.20.